The number of carbonyl (C=O) groups is 1. The molecule has 0 radical (unpaired) electrons. The SMILES string of the molecule is CCCN1c2cc(OC)c(/C=N\NC(=O)c3cc(Br)ccc3OC)cc2C(C)CC1(C)C. The minimum atomic E-state index is -0.347. The van der Waals surface area contributed by atoms with E-state index in [0.717, 1.165) is 35.2 Å². The molecule has 0 fully saturated rings. The second-order valence-electron chi connectivity index (χ2n) is 8.77. The minimum absolute atomic E-state index is 0.0834. The summed E-state index contributed by atoms with van der Waals surface area (Å²) < 4.78 is 11.8. The number of hydrogen-bond donors (Lipinski definition) is 1. The summed E-state index contributed by atoms with van der Waals surface area (Å²) in [6.45, 7) is 10.1. The number of rotatable bonds is 7. The van der Waals surface area contributed by atoms with Crippen molar-refractivity contribution < 1.29 is 14.3 Å². The first-order valence-corrected chi connectivity index (χ1v) is 11.7. The Labute approximate surface area is 199 Å². The molecule has 1 aliphatic heterocycles. The number of nitrogens with zero attached hydrogens (tertiary/aromatic N) is 2. The summed E-state index contributed by atoms with van der Waals surface area (Å²) in [7, 11) is 3.19. The highest BCUT2D eigenvalue weighted by molar-refractivity contribution is 9.10. The summed E-state index contributed by atoms with van der Waals surface area (Å²) in [4.78, 5) is 15.1. The van der Waals surface area contributed by atoms with Crippen molar-refractivity contribution in [3.05, 3.63) is 51.5 Å². The van der Waals surface area contributed by atoms with E-state index in [0.29, 0.717) is 17.2 Å². The zero-order chi connectivity index (χ0) is 23.5. The van der Waals surface area contributed by atoms with Crippen LogP contribution < -0.4 is 19.8 Å². The van der Waals surface area contributed by atoms with E-state index >= 15 is 0 Å². The van der Waals surface area contributed by atoms with E-state index in [1.54, 1.807) is 25.5 Å². The smallest absolute Gasteiger partial charge is 0.275 e. The topological polar surface area (TPSA) is 63.2 Å². The molecule has 0 saturated carbocycles. The van der Waals surface area contributed by atoms with Crippen molar-refractivity contribution in [1.29, 1.82) is 0 Å². The van der Waals surface area contributed by atoms with Crippen molar-refractivity contribution in [1.82, 2.24) is 5.43 Å². The fourth-order valence-corrected chi connectivity index (χ4v) is 4.89. The summed E-state index contributed by atoms with van der Waals surface area (Å²) in [6.07, 6.45) is 3.79. The lowest BCUT2D eigenvalue weighted by atomic mass is 9.79. The highest BCUT2D eigenvalue weighted by atomic mass is 79.9. The fraction of sp³-hybridized carbons (Fsp3) is 0.440. The van der Waals surface area contributed by atoms with Crippen LogP contribution in [-0.4, -0.2) is 38.4 Å². The van der Waals surface area contributed by atoms with Gasteiger partial charge in [0.2, 0.25) is 0 Å². The van der Waals surface area contributed by atoms with Gasteiger partial charge in [0.25, 0.3) is 5.91 Å². The summed E-state index contributed by atoms with van der Waals surface area (Å²) in [5, 5.41) is 4.20. The van der Waals surface area contributed by atoms with Crippen molar-refractivity contribution in [2.45, 2.75) is 52.0 Å². The number of halogens is 1. The quantitative estimate of drug-likeness (QED) is 0.388. The van der Waals surface area contributed by atoms with Gasteiger partial charge in [0.15, 0.2) is 0 Å². The van der Waals surface area contributed by atoms with Gasteiger partial charge >= 0.3 is 0 Å². The summed E-state index contributed by atoms with van der Waals surface area (Å²) in [6, 6.07) is 9.49. The third-order valence-electron chi connectivity index (χ3n) is 5.96. The molecule has 1 N–H and O–H groups in total. The minimum Gasteiger partial charge on any atom is -0.496 e. The number of ether oxygens (including phenoxy) is 2. The van der Waals surface area contributed by atoms with E-state index in [2.05, 4.69) is 71.2 Å². The number of nitrogens with one attached hydrogen (secondary N) is 1. The highest BCUT2D eigenvalue weighted by Gasteiger charge is 2.36. The molecule has 2 aromatic rings. The van der Waals surface area contributed by atoms with Crippen LogP contribution in [-0.2, 0) is 0 Å². The van der Waals surface area contributed by atoms with Crippen LogP contribution in [0, 0.1) is 0 Å². The van der Waals surface area contributed by atoms with Crippen LogP contribution >= 0.6 is 15.9 Å². The Morgan fingerprint density at radius 1 is 1.25 bits per heavy atom. The van der Waals surface area contributed by atoms with Crippen molar-refractivity contribution in [2.24, 2.45) is 5.10 Å². The van der Waals surface area contributed by atoms with E-state index in [4.69, 9.17) is 9.47 Å². The molecule has 2 aromatic carbocycles. The molecule has 32 heavy (non-hydrogen) atoms. The van der Waals surface area contributed by atoms with Crippen LogP contribution in [0.5, 0.6) is 11.5 Å². The van der Waals surface area contributed by atoms with Crippen molar-refractivity contribution in [3.63, 3.8) is 0 Å². The van der Waals surface area contributed by atoms with E-state index in [-0.39, 0.29) is 11.4 Å². The van der Waals surface area contributed by atoms with Crippen molar-refractivity contribution >= 4 is 33.7 Å². The molecule has 1 aliphatic rings. The number of anilines is 1. The predicted molar refractivity (Wildman–Crippen MR) is 133 cm³/mol. The largest absolute Gasteiger partial charge is 0.496 e. The second-order valence-corrected chi connectivity index (χ2v) is 9.68. The van der Waals surface area contributed by atoms with Gasteiger partial charge in [-0.2, -0.15) is 5.10 Å². The molecule has 0 aromatic heterocycles. The van der Waals surface area contributed by atoms with E-state index < -0.39 is 0 Å². The van der Waals surface area contributed by atoms with Gasteiger partial charge in [-0.15, -0.1) is 0 Å². The Balaban J connectivity index is 1.89. The Hall–Kier alpha value is -2.54. The molecule has 0 bridgehead atoms. The van der Waals surface area contributed by atoms with Crippen LogP contribution in [0.4, 0.5) is 5.69 Å². The normalized spacial score (nSPS) is 17.2. The number of carbonyl (C=O) groups excluding carboxylic acids is 1. The zero-order valence-electron chi connectivity index (χ0n) is 19.7. The highest BCUT2D eigenvalue weighted by Crippen LogP contribution is 2.45. The molecule has 0 spiro atoms. The lowest BCUT2D eigenvalue weighted by Crippen LogP contribution is -2.48. The molecule has 172 valence electrons. The van der Waals surface area contributed by atoms with Gasteiger partial charge in [-0.3, -0.25) is 4.79 Å². The molecule has 0 aliphatic carbocycles. The first-order chi connectivity index (χ1) is 15.2. The lowest BCUT2D eigenvalue weighted by Gasteiger charge is -2.47. The van der Waals surface area contributed by atoms with Crippen molar-refractivity contribution in [3.8, 4) is 11.5 Å². The van der Waals surface area contributed by atoms with Gasteiger partial charge in [0.05, 0.1) is 26.0 Å². The number of methoxy groups -OCH3 is 2. The average molecular weight is 502 g/mol. The van der Waals surface area contributed by atoms with Gasteiger partial charge in [0, 0.05) is 33.9 Å². The third-order valence-corrected chi connectivity index (χ3v) is 6.45. The van der Waals surface area contributed by atoms with Gasteiger partial charge in [-0.25, -0.2) is 5.43 Å². The van der Waals surface area contributed by atoms with Gasteiger partial charge in [-0.05, 0) is 62.4 Å². The first kappa shape index (κ1) is 24.1. The molecule has 3 rings (SSSR count). The number of benzene rings is 2. The van der Waals surface area contributed by atoms with Gasteiger partial charge in [-0.1, -0.05) is 29.8 Å². The second kappa shape index (κ2) is 9.94. The molecule has 1 heterocycles. The maximum absolute atomic E-state index is 12.6. The molecule has 6 nitrogen and oxygen atoms in total. The first-order valence-electron chi connectivity index (χ1n) is 10.9. The van der Waals surface area contributed by atoms with E-state index in [1.807, 2.05) is 6.07 Å². The van der Waals surface area contributed by atoms with Crippen LogP contribution in [0.1, 0.15) is 67.9 Å². The average Bonchev–Trinajstić information content (AvgIpc) is 2.75. The summed E-state index contributed by atoms with van der Waals surface area (Å²) in [5.74, 6) is 1.28. The maximum atomic E-state index is 12.6. The van der Waals surface area contributed by atoms with Gasteiger partial charge in [0.1, 0.15) is 11.5 Å². The summed E-state index contributed by atoms with van der Waals surface area (Å²) in [5.41, 5.74) is 6.41. The molecular weight excluding hydrogens is 470 g/mol. The van der Waals surface area contributed by atoms with Crippen molar-refractivity contribution in [2.75, 3.05) is 25.7 Å². The van der Waals surface area contributed by atoms with E-state index in [9.17, 15) is 4.79 Å². The molecule has 1 unspecified atom stereocenters. The molecule has 1 amide bonds. The maximum Gasteiger partial charge on any atom is 0.275 e. The molecule has 1 atom stereocenters. The van der Waals surface area contributed by atoms with Gasteiger partial charge < -0.3 is 14.4 Å². The van der Waals surface area contributed by atoms with Crippen LogP contribution in [0.3, 0.4) is 0 Å². The number of hydrazone groups is 1. The monoisotopic (exact) mass is 501 g/mol. The number of hydrogen-bond acceptors (Lipinski definition) is 5. The van der Waals surface area contributed by atoms with E-state index in [1.165, 1.54) is 18.4 Å². The zero-order valence-corrected chi connectivity index (χ0v) is 21.2. The molecule has 0 saturated heterocycles. The van der Waals surface area contributed by atoms with Crippen LogP contribution in [0.25, 0.3) is 0 Å². The fourth-order valence-electron chi connectivity index (χ4n) is 4.53. The Morgan fingerprint density at radius 2 is 1.97 bits per heavy atom. The predicted octanol–water partition coefficient (Wildman–Crippen LogP) is 5.73. The Morgan fingerprint density at radius 3 is 2.62 bits per heavy atom. The number of amides is 1. The molecular formula is C25H32BrN3O3. The lowest BCUT2D eigenvalue weighted by molar-refractivity contribution is 0.0952. The number of fused-ring (bicyclic) bond motifs is 1. The standard InChI is InChI=1S/C25H32BrN3O3/c1-7-10-29-21-13-23(32-6)17(11-19(21)16(2)14-25(29,3)4)15-27-28-24(30)20-12-18(26)8-9-22(20)31-5/h8-9,11-13,15-16H,7,10,14H2,1-6H3,(H,28,30)/b27-15-. The Bertz CT molecular complexity index is 1020. The van der Waals surface area contributed by atoms with Crippen LogP contribution in [0.2, 0.25) is 0 Å². The summed E-state index contributed by atoms with van der Waals surface area (Å²) >= 11 is 3.39. The van der Waals surface area contributed by atoms with Crippen LogP contribution in [0.15, 0.2) is 39.9 Å². The molecule has 7 heteroatoms. The third kappa shape index (κ3) is 4.93. The Kier molecular flexibility index (Phi) is 7.49.